The number of aromatic nitrogens is 1. The molecule has 3 aromatic rings. The van der Waals surface area contributed by atoms with Crippen molar-refractivity contribution in [2.45, 2.75) is 19.8 Å². The molecule has 3 rings (SSSR count). The minimum absolute atomic E-state index is 0.119. The molecule has 1 amide bonds. The fourth-order valence-electron chi connectivity index (χ4n) is 2.48. The summed E-state index contributed by atoms with van der Waals surface area (Å²) in [5, 5.41) is 2.76. The van der Waals surface area contributed by atoms with Gasteiger partial charge < -0.3 is 4.74 Å². The zero-order chi connectivity index (χ0) is 18.7. The van der Waals surface area contributed by atoms with Crippen molar-refractivity contribution in [3.63, 3.8) is 0 Å². The average molecular weight is 389 g/mol. The Kier molecular flexibility index (Phi) is 5.54. The van der Waals surface area contributed by atoms with Gasteiger partial charge in [-0.05, 0) is 53.4 Å². The van der Waals surface area contributed by atoms with E-state index in [-0.39, 0.29) is 18.4 Å². The number of hydrogen-bond acceptors (Lipinski definition) is 5. The largest absolute Gasteiger partial charge is 0.483 e. The van der Waals surface area contributed by atoms with Crippen molar-refractivity contribution in [1.82, 2.24) is 4.98 Å². The van der Waals surface area contributed by atoms with Gasteiger partial charge in [-0.1, -0.05) is 37.3 Å². The van der Waals surface area contributed by atoms with E-state index in [0.717, 1.165) is 15.8 Å². The number of rotatable bonds is 6. The van der Waals surface area contributed by atoms with Crippen LogP contribution in [0.1, 0.15) is 35.7 Å². The van der Waals surface area contributed by atoms with Crippen LogP contribution in [0.25, 0.3) is 10.2 Å². The van der Waals surface area contributed by atoms with Gasteiger partial charge in [-0.2, -0.15) is 0 Å². The van der Waals surface area contributed by atoms with Crippen molar-refractivity contribution >= 4 is 49.4 Å². The van der Waals surface area contributed by atoms with Crippen molar-refractivity contribution in [3.05, 3.63) is 53.6 Å². The van der Waals surface area contributed by atoms with E-state index in [9.17, 15) is 9.59 Å². The predicted octanol–water partition coefficient (Wildman–Crippen LogP) is 4.82. The van der Waals surface area contributed by atoms with Crippen molar-refractivity contribution in [3.8, 4) is 5.75 Å². The van der Waals surface area contributed by atoms with Crippen LogP contribution in [0.15, 0.2) is 42.5 Å². The van der Waals surface area contributed by atoms with Gasteiger partial charge in [0.25, 0.3) is 11.1 Å². The standard InChI is InChI=1S/C19H17ClN2O3S/c1-11(2)13-9-12(18(20)24)7-8-15(13)25-10-17(23)22-19-21-14-5-3-4-6-16(14)26-19/h3-9,11H,10H2,1-2H3,(H,21,22,23). The molecular formula is C19H17ClN2O3S. The Labute approximate surface area is 160 Å². The number of fused-ring (bicyclic) bond motifs is 1. The summed E-state index contributed by atoms with van der Waals surface area (Å²) >= 11 is 6.94. The molecule has 0 aliphatic heterocycles. The van der Waals surface area contributed by atoms with E-state index >= 15 is 0 Å². The number of carbonyl (C=O) groups is 2. The van der Waals surface area contributed by atoms with Crippen LogP contribution in [0.3, 0.4) is 0 Å². The quantitative estimate of drug-likeness (QED) is 0.615. The van der Waals surface area contributed by atoms with E-state index in [0.29, 0.717) is 16.4 Å². The highest BCUT2D eigenvalue weighted by molar-refractivity contribution is 7.22. The lowest BCUT2D eigenvalue weighted by molar-refractivity contribution is -0.118. The Balaban J connectivity index is 1.68. The molecule has 0 bridgehead atoms. The second kappa shape index (κ2) is 7.85. The van der Waals surface area contributed by atoms with E-state index in [1.165, 1.54) is 11.3 Å². The van der Waals surface area contributed by atoms with Gasteiger partial charge in [0.05, 0.1) is 10.2 Å². The highest BCUT2D eigenvalue weighted by atomic mass is 35.5. The first kappa shape index (κ1) is 18.4. The van der Waals surface area contributed by atoms with E-state index in [2.05, 4.69) is 10.3 Å². The number of benzene rings is 2. The third-order valence-corrected chi connectivity index (χ3v) is 4.93. The van der Waals surface area contributed by atoms with Gasteiger partial charge in [0.2, 0.25) is 0 Å². The third-order valence-electron chi connectivity index (χ3n) is 3.76. The number of para-hydroxylation sites is 1. The first-order chi connectivity index (χ1) is 12.4. The fourth-order valence-corrected chi connectivity index (χ4v) is 3.48. The number of nitrogens with one attached hydrogen (secondary N) is 1. The van der Waals surface area contributed by atoms with Crippen molar-refractivity contribution in [1.29, 1.82) is 0 Å². The summed E-state index contributed by atoms with van der Waals surface area (Å²) in [4.78, 5) is 27.9. The van der Waals surface area contributed by atoms with Crippen LogP contribution in [0.4, 0.5) is 5.13 Å². The van der Waals surface area contributed by atoms with Crippen molar-refractivity contribution in [2.75, 3.05) is 11.9 Å². The number of thiazole rings is 1. The van der Waals surface area contributed by atoms with Gasteiger partial charge in [-0.3, -0.25) is 14.9 Å². The van der Waals surface area contributed by atoms with Gasteiger partial charge in [0, 0.05) is 5.56 Å². The molecule has 0 saturated carbocycles. The second-order valence-electron chi connectivity index (χ2n) is 6.00. The molecule has 0 aliphatic rings. The number of amides is 1. The minimum Gasteiger partial charge on any atom is -0.483 e. The van der Waals surface area contributed by atoms with E-state index in [4.69, 9.17) is 16.3 Å². The molecular weight excluding hydrogens is 372 g/mol. The zero-order valence-electron chi connectivity index (χ0n) is 14.3. The molecule has 134 valence electrons. The Bertz CT molecular complexity index is 935. The van der Waals surface area contributed by atoms with Crippen molar-refractivity contribution in [2.24, 2.45) is 0 Å². The molecule has 1 aromatic heterocycles. The van der Waals surface area contributed by atoms with Gasteiger partial charge in [-0.25, -0.2) is 4.98 Å². The number of nitrogens with zero attached hydrogens (tertiary/aromatic N) is 1. The van der Waals surface area contributed by atoms with Crippen LogP contribution < -0.4 is 10.1 Å². The van der Waals surface area contributed by atoms with E-state index in [1.807, 2.05) is 38.1 Å². The fraction of sp³-hybridized carbons (Fsp3) is 0.211. The lowest BCUT2D eigenvalue weighted by Crippen LogP contribution is -2.20. The summed E-state index contributed by atoms with van der Waals surface area (Å²) in [6, 6.07) is 12.6. The molecule has 0 saturated heterocycles. The number of ether oxygens (including phenoxy) is 1. The molecule has 0 aliphatic carbocycles. The summed E-state index contributed by atoms with van der Waals surface area (Å²) in [7, 11) is 0. The zero-order valence-corrected chi connectivity index (χ0v) is 15.9. The van der Waals surface area contributed by atoms with Crippen LogP contribution in [0.2, 0.25) is 0 Å². The third kappa shape index (κ3) is 4.20. The Morgan fingerprint density at radius 1 is 1.23 bits per heavy atom. The van der Waals surface area contributed by atoms with Gasteiger partial charge in [-0.15, -0.1) is 0 Å². The topological polar surface area (TPSA) is 68.3 Å². The predicted molar refractivity (Wildman–Crippen MR) is 104 cm³/mol. The molecule has 0 atom stereocenters. The normalized spacial score (nSPS) is 10.9. The molecule has 1 heterocycles. The Morgan fingerprint density at radius 2 is 2.00 bits per heavy atom. The lowest BCUT2D eigenvalue weighted by Gasteiger charge is -2.14. The van der Waals surface area contributed by atoms with Gasteiger partial charge >= 0.3 is 0 Å². The first-order valence-electron chi connectivity index (χ1n) is 8.06. The molecule has 5 nitrogen and oxygen atoms in total. The SMILES string of the molecule is CC(C)c1cc(C(=O)Cl)ccc1OCC(=O)Nc1nc2ccccc2s1. The molecule has 7 heteroatoms. The summed E-state index contributed by atoms with van der Waals surface area (Å²) in [5.41, 5.74) is 2.07. The maximum atomic E-state index is 12.2. The molecule has 0 radical (unpaired) electrons. The van der Waals surface area contributed by atoms with Crippen LogP contribution in [-0.4, -0.2) is 22.7 Å². The first-order valence-corrected chi connectivity index (χ1v) is 9.25. The maximum Gasteiger partial charge on any atom is 0.264 e. The van der Waals surface area contributed by atoms with Crippen LogP contribution in [0, 0.1) is 0 Å². The van der Waals surface area contributed by atoms with Crippen LogP contribution in [-0.2, 0) is 4.79 Å². The molecule has 0 spiro atoms. The highest BCUT2D eigenvalue weighted by Crippen LogP contribution is 2.29. The number of carbonyl (C=O) groups excluding carboxylic acids is 2. The van der Waals surface area contributed by atoms with E-state index < -0.39 is 5.24 Å². The molecule has 0 fully saturated rings. The highest BCUT2D eigenvalue weighted by Gasteiger charge is 2.14. The molecule has 26 heavy (non-hydrogen) atoms. The minimum atomic E-state index is -0.521. The van der Waals surface area contributed by atoms with Crippen LogP contribution >= 0.6 is 22.9 Å². The average Bonchev–Trinajstić information content (AvgIpc) is 3.01. The molecule has 0 unspecified atom stereocenters. The van der Waals surface area contributed by atoms with E-state index in [1.54, 1.807) is 18.2 Å². The lowest BCUT2D eigenvalue weighted by atomic mass is 10.00. The number of anilines is 1. The Hall–Kier alpha value is -2.44. The smallest absolute Gasteiger partial charge is 0.264 e. The van der Waals surface area contributed by atoms with Crippen molar-refractivity contribution < 1.29 is 14.3 Å². The Morgan fingerprint density at radius 3 is 2.69 bits per heavy atom. The molecule has 1 N–H and O–H groups in total. The number of halogens is 1. The summed E-state index contributed by atoms with van der Waals surface area (Å²) in [6.45, 7) is 3.81. The van der Waals surface area contributed by atoms with Crippen LogP contribution in [0.5, 0.6) is 5.75 Å². The summed E-state index contributed by atoms with van der Waals surface area (Å²) in [5.74, 6) is 0.380. The number of hydrogen-bond donors (Lipinski definition) is 1. The van der Waals surface area contributed by atoms with Gasteiger partial charge in [0.1, 0.15) is 5.75 Å². The van der Waals surface area contributed by atoms with Gasteiger partial charge in [0.15, 0.2) is 11.7 Å². The molecule has 2 aromatic carbocycles. The monoisotopic (exact) mass is 388 g/mol. The maximum absolute atomic E-state index is 12.2. The second-order valence-corrected chi connectivity index (χ2v) is 7.38. The summed E-state index contributed by atoms with van der Waals surface area (Å²) < 4.78 is 6.66. The summed E-state index contributed by atoms with van der Waals surface area (Å²) in [6.07, 6.45) is 0.